The minimum Gasteiger partial charge on any atom is -0.212 e. The van der Waals surface area contributed by atoms with Crippen LogP contribution >= 0.6 is 10.7 Å². The summed E-state index contributed by atoms with van der Waals surface area (Å²) in [6.45, 7) is 0. The van der Waals surface area contributed by atoms with Crippen molar-refractivity contribution in [2.75, 3.05) is 0 Å². The maximum Gasteiger partial charge on any atom is 0.406 e. The van der Waals surface area contributed by atoms with Gasteiger partial charge in [0.2, 0.25) is 9.05 Å². The first-order chi connectivity index (χ1) is 11.8. The van der Waals surface area contributed by atoms with E-state index in [0.29, 0.717) is 6.08 Å². The molecule has 0 aromatic heterocycles. The minimum atomic E-state index is -5.58. The van der Waals surface area contributed by atoms with Crippen molar-refractivity contribution >= 4 is 19.7 Å². The molecule has 1 aromatic rings. The Hall–Kier alpha value is -1.48. The third-order valence-electron chi connectivity index (χ3n) is 4.19. The van der Waals surface area contributed by atoms with E-state index in [9.17, 15) is 34.8 Å². The van der Waals surface area contributed by atoms with Crippen molar-refractivity contribution in [3.05, 3.63) is 59.7 Å². The van der Waals surface area contributed by atoms with Crippen LogP contribution in [0.15, 0.2) is 54.1 Å². The Kier molecular flexibility index (Phi) is 5.54. The summed E-state index contributed by atoms with van der Waals surface area (Å²) < 4.78 is 103. The predicted octanol–water partition coefficient (Wildman–Crippen LogP) is 5.68. The van der Waals surface area contributed by atoms with E-state index in [1.165, 1.54) is 24.3 Å². The van der Waals surface area contributed by atoms with Gasteiger partial charge in [-0.05, 0) is 18.4 Å². The second kappa shape index (κ2) is 6.92. The van der Waals surface area contributed by atoms with Crippen LogP contribution in [0.25, 0.3) is 0 Å². The molecule has 0 amide bonds. The van der Waals surface area contributed by atoms with Gasteiger partial charge in [-0.15, -0.1) is 0 Å². The van der Waals surface area contributed by atoms with Crippen LogP contribution < -0.4 is 0 Å². The lowest BCUT2D eigenvalue weighted by atomic mass is 9.75. The number of alkyl halides is 6. The van der Waals surface area contributed by atoms with E-state index in [1.54, 1.807) is 6.07 Å². The Morgan fingerprint density at radius 1 is 1.04 bits per heavy atom. The lowest BCUT2D eigenvalue weighted by molar-refractivity contribution is -0.321. The molecule has 26 heavy (non-hydrogen) atoms. The van der Waals surface area contributed by atoms with Crippen LogP contribution in [0.4, 0.5) is 26.3 Å². The van der Waals surface area contributed by atoms with Crippen LogP contribution in [-0.2, 0) is 9.05 Å². The van der Waals surface area contributed by atoms with Crippen LogP contribution in [0.2, 0.25) is 0 Å². The van der Waals surface area contributed by atoms with Crippen LogP contribution in [-0.4, -0.2) is 20.8 Å². The lowest BCUT2D eigenvalue weighted by Crippen LogP contribution is -2.49. The standard InChI is InChI=1S/C16H13ClF6O2S/c17-26(24,25)13(12-6-2-1-3-7-12)9-11-5-4-8-14(10-11,15(18,19)20)16(21,22)23/h1-8,13H,9-10H2. The van der Waals surface area contributed by atoms with Crippen molar-refractivity contribution in [1.82, 2.24) is 0 Å². The van der Waals surface area contributed by atoms with E-state index >= 15 is 0 Å². The van der Waals surface area contributed by atoms with Gasteiger partial charge in [0.15, 0.2) is 5.41 Å². The number of rotatable bonds is 4. The fraction of sp³-hybridized carbons (Fsp3) is 0.375. The predicted molar refractivity (Wildman–Crippen MR) is 85.0 cm³/mol. The van der Waals surface area contributed by atoms with Gasteiger partial charge in [0, 0.05) is 10.7 Å². The quantitative estimate of drug-likeness (QED) is 0.465. The zero-order valence-electron chi connectivity index (χ0n) is 13.0. The van der Waals surface area contributed by atoms with E-state index in [-0.39, 0.29) is 17.2 Å². The Labute approximate surface area is 150 Å². The molecule has 2 rings (SSSR count). The largest absolute Gasteiger partial charge is 0.406 e. The highest BCUT2D eigenvalue weighted by Gasteiger charge is 2.69. The number of halogens is 7. The molecule has 1 aromatic carbocycles. The topological polar surface area (TPSA) is 34.1 Å². The molecule has 0 fully saturated rings. The normalized spacial score (nSPS) is 19.1. The minimum absolute atomic E-state index is 0.0587. The molecule has 0 N–H and O–H groups in total. The van der Waals surface area contributed by atoms with Crippen molar-refractivity contribution in [2.24, 2.45) is 5.41 Å². The van der Waals surface area contributed by atoms with E-state index in [0.717, 1.165) is 6.08 Å². The van der Waals surface area contributed by atoms with E-state index in [1.807, 2.05) is 0 Å². The zero-order chi connectivity index (χ0) is 19.8. The van der Waals surface area contributed by atoms with Crippen molar-refractivity contribution in [3.63, 3.8) is 0 Å². The van der Waals surface area contributed by atoms with Crippen molar-refractivity contribution in [3.8, 4) is 0 Å². The molecular formula is C16H13ClF6O2S. The first kappa shape index (κ1) is 20.8. The van der Waals surface area contributed by atoms with Gasteiger partial charge in [-0.25, -0.2) is 8.42 Å². The number of allylic oxidation sites excluding steroid dienone is 4. The fourth-order valence-electron chi connectivity index (χ4n) is 2.80. The molecule has 0 saturated carbocycles. The van der Waals surface area contributed by atoms with Crippen LogP contribution in [0.5, 0.6) is 0 Å². The summed E-state index contributed by atoms with van der Waals surface area (Å²) in [5.41, 5.74) is -4.18. The van der Waals surface area contributed by atoms with Gasteiger partial charge in [-0.1, -0.05) is 54.1 Å². The van der Waals surface area contributed by atoms with Crippen molar-refractivity contribution in [2.45, 2.75) is 30.4 Å². The summed E-state index contributed by atoms with van der Waals surface area (Å²) in [4.78, 5) is 0. The maximum atomic E-state index is 13.2. The maximum absolute atomic E-state index is 13.2. The lowest BCUT2D eigenvalue weighted by Gasteiger charge is -2.37. The van der Waals surface area contributed by atoms with Gasteiger partial charge in [0.25, 0.3) is 0 Å². The average molecular weight is 419 g/mol. The van der Waals surface area contributed by atoms with Gasteiger partial charge in [0.1, 0.15) is 5.25 Å². The molecule has 2 nitrogen and oxygen atoms in total. The van der Waals surface area contributed by atoms with Gasteiger partial charge < -0.3 is 0 Å². The van der Waals surface area contributed by atoms with Gasteiger partial charge in [-0.2, -0.15) is 26.3 Å². The van der Waals surface area contributed by atoms with Crippen LogP contribution in [0, 0.1) is 5.41 Å². The van der Waals surface area contributed by atoms with E-state index in [4.69, 9.17) is 10.7 Å². The molecule has 1 aliphatic carbocycles. The Balaban J connectivity index is 2.40. The summed E-state index contributed by atoms with van der Waals surface area (Å²) >= 11 is 0. The molecule has 10 heteroatoms. The SMILES string of the molecule is O=S(=O)(Cl)C(CC1=CC=CC(C(F)(F)F)(C(F)(F)F)C1)c1ccccc1. The molecular weight excluding hydrogens is 406 g/mol. The number of benzene rings is 1. The molecule has 1 atom stereocenters. The Morgan fingerprint density at radius 3 is 2.04 bits per heavy atom. The van der Waals surface area contributed by atoms with Crippen LogP contribution in [0.1, 0.15) is 23.7 Å². The molecule has 144 valence electrons. The smallest absolute Gasteiger partial charge is 0.212 e. The monoisotopic (exact) mass is 418 g/mol. The summed E-state index contributed by atoms with van der Waals surface area (Å²) in [5.74, 6) is 0. The first-order valence-electron chi connectivity index (χ1n) is 7.27. The molecule has 0 bridgehead atoms. The van der Waals surface area contributed by atoms with E-state index < -0.39 is 44.9 Å². The Morgan fingerprint density at radius 2 is 1.58 bits per heavy atom. The molecule has 1 aliphatic rings. The Bertz CT molecular complexity index is 795. The summed E-state index contributed by atoms with van der Waals surface area (Å²) in [5, 5.41) is -1.46. The number of hydrogen-bond donors (Lipinski definition) is 0. The average Bonchev–Trinajstić information content (AvgIpc) is 2.50. The first-order valence-corrected chi connectivity index (χ1v) is 9.64. The highest BCUT2D eigenvalue weighted by molar-refractivity contribution is 8.13. The molecule has 0 heterocycles. The van der Waals surface area contributed by atoms with Gasteiger partial charge in [0.05, 0.1) is 0 Å². The third-order valence-corrected chi connectivity index (χ3v) is 5.95. The van der Waals surface area contributed by atoms with Gasteiger partial charge in [-0.3, -0.25) is 0 Å². The molecule has 1 unspecified atom stereocenters. The zero-order valence-corrected chi connectivity index (χ0v) is 14.6. The van der Waals surface area contributed by atoms with E-state index in [2.05, 4.69) is 0 Å². The van der Waals surface area contributed by atoms with Crippen LogP contribution in [0.3, 0.4) is 0 Å². The fourth-order valence-corrected chi connectivity index (χ4v) is 4.19. The summed E-state index contributed by atoms with van der Waals surface area (Å²) in [6, 6.07) is 7.36. The summed E-state index contributed by atoms with van der Waals surface area (Å²) in [7, 11) is 1.11. The highest BCUT2D eigenvalue weighted by atomic mass is 35.7. The highest BCUT2D eigenvalue weighted by Crippen LogP contribution is 2.57. The molecule has 0 spiro atoms. The number of hydrogen-bond acceptors (Lipinski definition) is 2. The van der Waals surface area contributed by atoms with Crippen molar-refractivity contribution in [1.29, 1.82) is 0 Å². The second-order valence-corrected chi connectivity index (χ2v) is 8.72. The molecule has 0 radical (unpaired) electrons. The second-order valence-electron chi connectivity index (χ2n) is 5.91. The molecule has 0 saturated heterocycles. The van der Waals surface area contributed by atoms with Gasteiger partial charge >= 0.3 is 12.4 Å². The summed E-state index contributed by atoms with van der Waals surface area (Å²) in [6.07, 6.45) is -11.4. The van der Waals surface area contributed by atoms with Crippen molar-refractivity contribution < 1.29 is 34.8 Å². The third kappa shape index (κ3) is 4.09. The molecule has 0 aliphatic heterocycles.